The zero-order valence-electron chi connectivity index (χ0n) is 23.9. The van der Waals surface area contributed by atoms with Crippen LogP contribution in [0.25, 0.3) is 22.3 Å². The number of methoxy groups -OCH3 is 2. The second-order valence-electron chi connectivity index (χ2n) is 11.2. The van der Waals surface area contributed by atoms with Gasteiger partial charge in [0.2, 0.25) is 0 Å². The number of para-hydroxylation sites is 1. The van der Waals surface area contributed by atoms with Gasteiger partial charge < -0.3 is 14.4 Å². The van der Waals surface area contributed by atoms with E-state index >= 15 is 0 Å². The summed E-state index contributed by atoms with van der Waals surface area (Å²) in [5, 5.41) is 0. The van der Waals surface area contributed by atoms with E-state index in [1.54, 1.807) is 14.2 Å². The fourth-order valence-corrected chi connectivity index (χ4v) is 6.92. The van der Waals surface area contributed by atoms with E-state index < -0.39 is 5.41 Å². The second kappa shape index (κ2) is 8.76. The quantitative estimate of drug-likeness (QED) is 0.230. The molecule has 3 nitrogen and oxygen atoms in total. The van der Waals surface area contributed by atoms with Crippen LogP contribution < -0.4 is 14.4 Å². The van der Waals surface area contributed by atoms with Crippen molar-refractivity contribution < 1.29 is 9.47 Å². The van der Waals surface area contributed by atoms with E-state index in [0.29, 0.717) is 0 Å². The van der Waals surface area contributed by atoms with Crippen LogP contribution in [-0.2, 0) is 5.41 Å². The number of aryl methyl sites for hydroxylation is 3. The average Bonchev–Trinajstić information content (AvgIpc) is 3.41. The van der Waals surface area contributed by atoms with Crippen LogP contribution in [0.4, 0.5) is 11.4 Å². The summed E-state index contributed by atoms with van der Waals surface area (Å²) in [4.78, 5) is 2.27. The number of rotatable bonds is 4. The van der Waals surface area contributed by atoms with E-state index in [-0.39, 0.29) is 0 Å². The number of benzene rings is 5. The summed E-state index contributed by atoms with van der Waals surface area (Å²) >= 11 is 0. The lowest BCUT2D eigenvalue weighted by atomic mass is 9.70. The number of anilines is 2. The van der Waals surface area contributed by atoms with E-state index in [1.807, 2.05) is 0 Å². The standard InChI is InChI=1S/C37H33NO2/c1-22-12-14-27-30-20-35(39-5)36(40-6)21-34(30)37(31(27)16-22)32-18-24(3)23(2)17-29(32)28-15-13-26(19-33(28)37)38(4)25-10-8-7-9-11-25/h7-21H,1-6H3. The van der Waals surface area contributed by atoms with E-state index in [2.05, 4.69) is 124 Å². The number of ether oxygens (including phenoxy) is 2. The lowest BCUT2D eigenvalue weighted by molar-refractivity contribution is 0.354. The molecule has 2 aliphatic carbocycles. The van der Waals surface area contributed by atoms with Crippen LogP contribution in [0.5, 0.6) is 11.5 Å². The molecule has 1 unspecified atom stereocenters. The first kappa shape index (κ1) is 24.5. The smallest absolute Gasteiger partial charge is 0.161 e. The maximum atomic E-state index is 5.89. The highest BCUT2D eigenvalue weighted by atomic mass is 16.5. The van der Waals surface area contributed by atoms with Gasteiger partial charge in [0.05, 0.1) is 19.6 Å². The Kier molecular flexibility index (Phi) is 5.37. The highest BCUT2D eigenvalue weighted by Crippen LogP contribution is 2.64. The van der Waals surface area contributed by atoms with Crippen molar-refractivity contribution in [2.75, 3.05) is 26.2 Å². The first-order valence-corrected chi connectivity index (χ1v) is 13.8. The molecule has 5 aromatic rings. The molecule has 1 spiro atoms. The Morgan fingerprint density at radius 2 is 1.10 bits per heavy atom. The first-order chi connectivity index (χ1) is 19.4. The van der Waals surface area contributed by atoms with Gasteiger partial charge in [-0.3, -0.25) is 0 Å². The molecular formula is C37H33NO2. The van der Waals surface area contributed by atoms with Gasteiger partial charge >= 0.3 is 0 Å². The Balaban J connectivity index is 1.62. The second-order valence-corrected chi connectivity index (χ2v) is 11.2. The van der Waals surface area contributed by atoms with Crippen LogP contribution in [0.1, 0.15) is 38.9 Å². The van der Waals surface area contributed by atoms with Crippen molar-refractivity contribution >= 4 is 11.4 Å². The SMILES string of the molecule is COc1cc2c(cc1OC)C1(c3cc(C)ccc3-2)c2cc(N(C)c3ccccc3)ccc2-c2cc(C)c(C)cc21. The molecule has 0 aromatic heterocycles. The predicted molar refractivity (Wildman–Crippen MR) is 165 cm³/mol. The molecule has 3 heteroatoms. The molecule has 0 fully saturated rings. The Morgan fingerprint density at radius 3 is 1.82 bits per heavy atom. The molecule has 0 N–H and O–H groups in total. The van der Waals surface area contributed by atoms with Crippen molar-refractivity contribution in [1.29, 1.82) is 0 Å². The first-order valence-electron chi connectivity index (χ1n) is 13.8. The minimum Gasteiger partial charge on any atom is -0.493 e. The third kappa shape index (κ3) is 3.18. The molecule has 2 aliphatic rings. The van der Waals surface area contributed by atoms with Crippen LogP contribution in [0.15, 0.2) is 91.0 Å². The van der Waals surface area contributed by atoms with Gasteiger partial charge in [-0.05, 0) is 113 Å². The van der Waals surface area contributed by atoms with Gasteiger partial charge in [0.15, 0.2) is 11.5 Å². The van der Waals surface area contributed by atoms with E-state index in [0.717, 1.165) is 22.9 Å². The summed E-state index contributed by atoms with van der Waals surface area (Å²) in [6.45, 7) is 6.63. The van der Waals surface area contributed by atoms with Crippen LogP contribution in [0, 0.1) is 20.8 Å². The zero-order valence-corrected chi connectivity index (χ0v) is 23.9. The van der Waals surface area contributed by atoms with Crippen molar-refractivity contribution in [1.82, 2.24) is 0 Å². The van der Waals surface area contributed by atoms with Gasteiger partial charge in [-0.25, -0.2) is 0 Å². The molecule has 40 heavy (non-hydrogen) atoms. The molecule has 1 atom stereocenters. The molecular weight excluding hydrogens is 490 g/mol. The summed E-state index contributed by atoms with van der Waals surface area (Å²) < 4.78 is 11.7. The van der Waals surface area contributed by atoms with Crippen molar-refractivity contribution in [3.8, 4) is 33.8 Å². The molecule has 0 bridgehead atoms. The van der Waals surface area contributed by atoms with Crippen molar-refractivity contribution in [3.05, 3.63) is 130 Å². The minimum atomic E-state index is -0.465. The topological polar surface area (TPSA) is 21.7 Å². The number of hydrogen-bond acceptors (Lipinski definition) is 3. The van der Waals surface area contributed by atoms with Crippen molar-refractivity contribution in [3.63, 3.8) is 0 Å². The Bertz CT molecular complexity index is 1820. The molecule has 198 valence electrons. The average molecular weight is 524 g/mol. The Labute approximate surface area is 236 Å². The van der Waals surface area contributed by atoms with Gasteiger partial charge in [-0.2, -0.15) is 0 Å². The summed E-state index contributed by atoms with van der Waals surface area (Å²) in [7, 11) is 5.58. The van der Waals surface area contributed by atoms with Gasteiger partial charge in [0, 0.05) is 18.4 Å². The lowest BCUT2D eigenvalue weighted by Crippen LogP contribution is -2.26. The Hall–Kier alpha value is -4.50. The van der Waals surface area contributed by atoms with Crippen molar-refractivity contribution in [2.24, 2.45) is 0 Å². The fraction of sp³-hybridized carbons (Fsp3) is 0.189. The lowest BCUT2D eigenvalue weighted by Gasteiger charge is -2.32. The van der Waals surface area contributed by atoms with Crippen molar-refractivity contribution in [2.45, 2.75) is 26.2 Å². The number of hydrogen-bond donors (Lipinski definition) is 0. The van der Waals surface area contributed by atoms with E-state index in [9.17, 15) is 0 Å². The normalized spacial score (nSPS) is 15.8. The van der Waals surface area contributed by atoms with Gasteiger partial charge in [-0.1, -0.05) is 60.2 Å². The highest BCUT2D eigenvalue weighted by Gasteiger charge is 2.52. The van der Waals surface area contributed by atoms with E-state index in [1.165, 1.54) is 61.2 Å². The van der Waals surface area contributed by atoms with E-state index in [4.69, 9.17) is 9.47 Å². The Morgan fingerprint density at radius 1 is 0.525 bits per heavy atom. The minimum absolute atomic E-state index is 0.465. The summed E-state index contributed by atoms with van der Waals surface area (Å²) in [5.41, 5.74) is 16.0. The molecule has 0 radical (unpaired) electrons. The summed E-state index contributed by atoms with van der Waals surface area (Å²) in [5.74, 6) is 1.50. The molecule has 0 amide bonds. The van der Waals surface area contributed by atoms with Crippen LogP contribution >= 0.6 is 0 Å². The maximum absolute atomic E-state index is 5.89. The van der Waals surface area contributed by atoms with Gasteiger partial charge in [0.25, 0.3) is 0 Å². The van der Waals surface area contributed by atoms with Gasteiger partial charge in [-0.15, -0.1) is 0 Å². The van der Waals surface area contributed by atoms with Crippen LogP contribution in [0.3, 0.4) is 0 Å². The van der Waals surface area contributed by atoms with Crippen LogP contribution in [-0.4, -0.2) is 21.3 Å². The monoisotopic (exact) mass is 523 g/mol. The zero-order chi connectivity index (χ0) is 27.8. The molecule has 0 saturated carbocycles. The maximum Gasteiger partial charge on any atom is 0.161 e. The highest BCUT2D eigenvalue weighted by molar-refractivity contribution is 5.97. The molecule has 5 aromatic carbocycles. The fourth-order valence-electron chi connectivity index (χ4n) is 6.92. The third-order valence-electron chi connectivity index (χ3n) is 9.06. The molecule has 7 rings (SSSR count). The third-order valence-corrected chi connectivity index (χ3v) is 9.06. The summed E-state index contributed by atoms with van der Waals surface area (Å²) in [6.07, 6.45) is 0. The number of fused-ring (bicyclic) bond motifs is 10. The number of nitrogens with zero attached hydrogens (tertiary/aromatic N) is 1. The van der Waals surface area contributed by atoms with Crippen LogP contribution in [0.2, 0.25) is 0 Å². The molecule has 0 saturated heterocycles. The molecule has 0 aliphatic heterocycles. The summed E-state index contributed by atoms with van der Waals surface area (Å²) in [6, 6.07) is 33.6. The molecule has 0 heterocycles. The largest absolute Gasteiger partial charge is 0.493 e. The van der Waals surface area contributed by atoms with Gasteiger partial charge in [0.1, 0.15) is 0 Å². The predicted octanol–water partition coefficient (Wildman–Crippen LogP) is 8.74.